The van der Waals surface area contributed by atoms with Crippen LogP contribution in [0.2, 0.25) is 0 Å². The van der Waals surface area contributed by atoms with Crippen LogP contribution < -0.4 is 10.2 Å². The highest BCUT2D eigenvalue weighted by Crippen LogP contribution is 2.40. The molecule has 24 heavy (non-hydrogen) atoms. The van der Waals surface area contributed by atoms with Crippen LogP contribution in [0.3, 0.4) is 0 Å². The lowest BCUT2D eigenvalue weighted by molar-refractivity contribution is -0.140. The van der Waals surface area contributed by atoms with E-state index in [1.54, 1.807) is 0 Å². The Bertz CT molecular complexity index is 660. The molecule has 0 fully saturated rings. The Balaban J connectivity index is 2.33. The van der Waals surface area contributed by atoms with Crippen LogP contribution in [0, 0.1) is 19.3 Å². The fourth-order valence-corrected chi connectivity index (χ4v) is 3.01. The number of amides is 1. The van der Waals surface area contributed by atoms with E-state index >= 15 is 0 Å². The highest BCUT2D eigenvalue weighted by atomic mass is 16.5. The maximum absolute atomic E-state index is 12.5. The Labute approximate surface area is 144 Å². The predicted octanol–water partition coefficient (Wildman–Crippen LogP) is 3.21. The molecule has 0 saturated carbocycles. The van der Waals surface area contributed by atoms with E-state index in [0.29, 0.717) is 13.2 Å². The predicted molar refractivity (Wildman–Crippen MR) is 96.6 cm³/mol. The van der Waals surface area contributed by atoms with Crippen molar-refractivity contribution < 1.29 is 14.3 Å². The summed E-state index contributed by atoms with van der Waals surface area (Å²) in [5.41, 5.74) is 5.08. The molecule has 0 bridgehead atoms. The van der Waals surface area contributed by atoms with Crippen molar-refractivity contribution in [2.24, 2.45) is 5.41 Å². The van der Waals surface area contributed by atoms with Crippen LogP contribution in [0.4, 0.5) is 11.4 Å². The molecule has 1 N–H and O–H groups in total. The largest absolute Gasteiger partial charge is 0.464 e. The molecule has 5 nitrogen and oxygen atoms in total. The van der Waals surface area contributed by atoms with E-state index in [-0.39, 0.29) is 11.9 Å². The van der Waals surface area contributed by atoms with Gasteiger partial charge in [0.15, 0.2) is 0 Å². The first-order valence-corrected chi connectivity index (χ1v) is 8.44. The van der Waals surface area contributed by atoms with Crippen molar-refractivity contribution in [2.45, 2.75) is 48.0 Å². The van der Waals surface area contributed by atoms with Gasteiger partial charge in [0.05, 0.1) is 17.9 Å². The molecule has 5 heteroatoms. The molecule has 132 valence electrons. The number of nitrogens with one attached hydrogen (secondary N) is 1. The normalized spacial score (nSPS) is 13.7. The molecule has 0 spiro atoms. The average molecular weight is 332 g/mol. The van der Waals surface area contributed by atoms with Crippen LogP contribution in [-0.2, 0) is 20.7 Å². The summed E-state index contributed by atoms with van der Waals surface area (Å²) >= 11 is 0. The number of fused-ring (bicyclic) bond motifs is 1. The maximum Gasteiger partial charge on any atom is 0.302 e. The molecule has 2 rings (SSSR count). The van der Waals surface area contributed by atoms with Crippen molar-refractivity contribution >= 4 is 23.3 Å². The quantitative estimate of drug-likeness (QED) is 0.860. The van der Waals surface area contributed by atoms with E-state index in [9.17, 15) is 9.59 Å². The number of carbonyl (C=O) groups is 2. The summed E-state index contributed by atoms with van der Waals surface area (Å²) in [4.78, 5) is 25.7. The lowest BCUT2D eigenvalue weighted by Crippen LogP contribution is -2.30. The molecule has 0 aromatic heterocycles. The SMILES string of the molecule is CC(=O)OCCN1CCc2c(C)cc(C)c(NC(=O)C(C)(C)C)c21. The summed E-state index contributed by atoms with van der Waals surface area (Å²) in [5.74, 6) is -0.264. The molecule has 0 saturated heterocycles. The number of benzene rings is 1. The maximum atomic E-state index is 12.5. The number of hydrogen-bond donors (Lipinski definition) is 1. The van der Waals surface area contributed by atoms with Crippen molar-refractivity contribution in [1.82, 2.24) is 0 Å². The Morgan fingerprint density at radius 2 is 1.92 bits per heavy atom. The van der Waals surface area contributed by atoms with Gasteiger partial charge in [-0.05, 0) is 37.0 Å². The third kappa shape index (κ3) is 3.89. The van der Waals surface area contributed by atoms with E-state index in [1.807, 2.05) is 27.7 Å². The number of anilines is 2. The van der Waals surface area contributed by atoms with Crippen molar-refractivity contribution in [3.63, 3.8) is 0 Å². The van der Waals surface area contributed by atoms with Gasteiger partial charge < -0.3 is 15.0 Å². The fraction of sp³-hybridized carbons (Fsp3) is 0.579. The summed E-state index contributed by atoms with van der Waals surface area (Å²) in [5, 5.41) is 3.12. The number of hydrogen-bond acceptors (Lipinski definition) is 4. The lowest BCUT2D eigenvalue weighted by Gasteiger charge is -2.26. The van der Waals surface area contributed by atoms with Gasteiger partial charge in [-0.2, -0.15) is 0 Å². The molecule has 0 radical (unpaired) electrons. The smallest absolute Gasteiger partial charge is 0.302 e. The summed E-state index contributed by atoms with van der Waals surface area (Å²) in [7, 11) is 0. The van der Waals surface area contributed by atoms with Crippen LogP contribution >= 0.6 is 0 Å². The Kier molecular flexibility index (Phi) is 5.21. The number of carbonyl (C=O) groups excluding carboxylic acids is 2. The van der Waals surface area contributed by atoms with Crippen LogP contribution in [0.15, 0.2) is 6.07 Å². The van der Waals surface area contributed by atoms with Gasteiger partial charge >= 0.3 is 5.97 Å². The Morgan fingerprint density at radius 1 is 1.25 bits per heavy atom. The summed E-state index contributed by atoms with van der Waals surface area (Å²) in [6.07, 6.45) is 0.944. The second-order valence-electron chi connectivity index (χ2n) is 7.49. The number of ether oxygens (including phenoxy) is 1. The number of nitrogens with zero attached hydrogens (tertiary/aromatic N) is 1. The van der Waals surface area contributed by atoms with E-state index in [0.717, 1.165) is 29.9 Å². The topological polar surface area (TPSA) is 58.6 Å². The highest BCUT2D eigenvalue weighted by Gasteiger charge is 2.29. The van der Waals surface area contributed by atoms with E-state index < -0.39 is 5.41 Å². The average Bonchev–Trinajstić information content (AvgIpc) is 2.86. The number of aryl methyl sites for hydroxylation is 2. The second-order valence-corrected chi connectivity index (χ2v) is 7.49. The zero-order chi connectivity index (χ0) is 18.1. The standard InChI is InChI=1S/C19H28N2O3/c1-12-11-13(2)16(20-18(23)19(4,5)6)17-15(12)7-8-21(17)9-10-24-14(3)22/h11H,7-10H2,1-6H3,(H,20,23). The van der Waals surface area contributed by atoms with Gasteiger partial charge in [0, 0.05) is 18.9 Å². The zero-order valence-electron chi connectivity index (χ0n) is 15.6. The Morgan fingerprint density at radius 3 is 2.50 bits per heavy atom. The first kappa shape index (κ1) is 18.3. The molecular weight excluding hydrogens is 304 g/mol. The minimum Gasteiger partial charge on any atom is -0.464 e. The summed E-state index contributed by atoms with van der Waals surface area (Å²) < 4.78 is 5.09. The van der Waals surface area contributed by atoms with Crippen molar-refractivity contribution in [1.29, 1.82) is 0 Å². The summed E-state index contributed by atoms with van der Waals surface area (Å²) in [6.45, 7) is 13.1. The van der Waals surface area contributed by atoms with E-state index in [1.165, 1.54) is 18.1 Å². The third-order valence-electron chi connectivity index (χ3n) is 4.36. The molecular formula is C19H28N2O3. The van der Waals surface area contributed by atoms with E-state index in [4.69, 9.17) is 4.74 Å². The highest BCUT2D eigenvalue weighted by molar-refractivity contribution is 5.99. The molecule has 1 aliphatic heterocycles. The fourth-order valence-electron chi connectivity index (χ4n) is 3.01. The molecule has 0 aliphatic carbocycles. The first-order valence-electron chi connectivity index (χ1n) is 8.44. The van der Waals surface area contributed by atoms with Gasteiger partial charge in [0.25, 0.3) is 0 Å². The third-order valence-corrected chi connectivity index (χ3v) is 4.36. The summed E-state index contributed by atoms with van der Waals surface area (Å²) in [6, 6.07) is 2.13. The number of esters is 1. The molecule has 1 amide bonds. The molecule has 0 atom stereocenters. The van der Waals surface area contributed by atoms with Gasteiger partial charge in [-0.25, -0.2) is 0 Å². The molecule has 1 aromatic carbocycles. The second kappa shape index (κ2) is 6.83. The zero-order valence-corrected chi connectivity index (χ0v) is 15.6. The van der Waals surface area contributed by atoms with Gasteiger partial charge in [0.2, 0.25) is 5.91 Å². The minimum atomic E-state index is -0.453. The molecule has 0 unspecified atom stereocenters. The molecule has 1 aliphatic rings. The van der Waals surface area contributed by atoms with Crippen molar-refractivity contribution in [3.8, 4) is 0 Å². The van der Waals surface area contributed by atoms with Crippen LogP contribution in [0.1, 0.15) is 44.4 Å². The van der Waals surface area contributed by atoms with Crippen LogP contribution in [0.25, 0.3) is 0 Å². The first-order chi connectivity index (χ1) is 11.1. The molecule has 1 heterocycles. The van der Waals surface area contributed by atoms with E-state index in [2.05, 4.69) is 23.2 Å². The lowest BCUT2D eigenvalue weighted by atomic mass is 9.94. The Hall–Kier alpha value is -2.04. The van der Waals surface area contributed by atoms with Gasteiger partial charge in [-0.3, -0.25) is 9.59 Å². The minimum absolute atomic E-state index is 0.00323. The van der Waals surface area contributed by atoms with Crippen LogP contribution in [-0.4, -0.2) is 31.6 Å². The molecule has 1 aromatic rings. The van der Waals surface area contributed by atoms with Crippen molar-refractivity contribution in [3.05, 3.63) is 22.8 Å². The monoisotopic (exact) mass is 332 g/mol. The van der Waals surface area contributed by atoms with Gasteiger partial charge in [0.1, 0.15) is 6.61 Å². The van der Waals surface area contributed by atoms with Crippen LogP contribution in [0.5, 0.6) is 0 Å². The number of rotatable bonds is 4. The van der Waals surface area contributed by atoms with Crippen molar-refractivity contribution in [2.75, 3.05) is 29.9 Å². The van der Waals surface area contributed by atoms with Gasteiger partial charge in [-0.15, -0.1) is 0 Å². The van der Waals surface area contributed by atoms with Gasteiger partial charge in [-0.1, -0.05) is 26.8 Å².